The highest BCUT2D eigenvalue weighted by atomic mass is 79.9. The summed E-state index contributed by atoms with van der Waals surface area (Å²) in [5.74, 6) is 0.300. The molecule has 2 rings (SSSR count). The summed E-state index contributed by atoms with van der Waals surface area (Å²) in [5.41, 5.74) is 2.45. The van der Waals surface area contributed by atoms with E-state index >= 15 is 0 Å². The molecule has 134 valence electrons. The van der Waals surface area contributed by atoms with E-state index in [1.165, 1.54) is 5.56 Å². The lowest BCUT2D eigenvalue weighted by molar-refractivity contribution is 0.102. The number of amides is 1. The number of anilines is 1. The van der Waals surface area contributed by atoms with Gasteiger partial charge >= 0.3 is 0 Å². The first-order valence-corrected chi connectivity index (χ1v) is 9.72. The van der Waals surface area contributed by atoms with Crippen LogP contribution >= 0.6 is 31.9 Å². The van der Waals surface area contributed by atoms with Crippen molar-refractivity contribution >= 4 is 43.5 Å². The van der Waals surface area contributed by atoms with Gasteiger partial charge in [-0.2, -0.15) is 0 Å². The number of ether oxygens (including phenoxy) is 1. The van der Waals surface area contributed by atoms with E-state index in [1.54, 1.807) is 13.2 Å². The molecule has 0 aliphatic carbocycles. The highest BCUT2D eigenvalue weighted by Crippen LogP contribution is 2.33. The summed E-state index contributed by atoms with van der Waals surface area (Å²) in [6.07, 6.45) is 0. The number of halogens is 2. The molecule has 0 aromatic heterocycles. The molecule has 25 heavy (non-hydrogen) atoms. The molecule has 0 aliphatic rings. The number of carbonyl (C=O) groups excluding carboxylic acids is 1. The predicted octanol–water partition coefficient (Wildman–Crippen LogP) is 5.31. The lowest BCUT2D eigenvalue weighted by Crippen LogP contribution is -2.22. The minimum atomic E-state index is -0.213. The van der Waals surface area contributed by atoms with E-state index in [4.69, 9.17) is 4.74 Å². The monoisotopic (exact) mass is 468 g/mol. The van der Waals surface area contributed by atoms with Gasteiger partial charge in [0.2, 0.25) is 0 Å². The lowest BCUT2D eigenvalue weighted by Gasteiger charge is -2.18. The van der Waals surface area contributed by atoms with E-state index < -0.39 is 0 Å². The van der Waals surface area contributed by atoms with Crippen LogP contribution in [0.2, 0.25) is 0 Å². The largest absolute Gasteiger partial charge is 0.495 e. The van der Waals surface area contributed by atoms with Gasteiger partial charge in [0.15, 0.2) is 0 Å². The maximum atomic E-state index is 12.6. The highest BCUT2D eigenvalue weighted by molar-refractivity contribution is 9.11. The summed E-state index contributed by atoms with van der Waals surface area (Å²) in [6.45, 7) is 7.26. The predicted molar refractivity (Wildman–Crippen MR) is 109 cm³/mol. The van der Waals surface area contributed by atoms with Crippen molar-refractivity contribution in [2.24, 2.45) is 0 Å². The summed E-state index contributed by atoms with van der Waals surface area (Å²) in [5, 5.41) is 2.92. The number of benzene rings is 2. The van der Waals surface area contributed by atoms with Crippen LogP contribution in [0, 0.1) is 0 Å². The lowest BCUT2D eigenvalue weighted by atomic mass is 10.1. The van der Waals surface area contributed by atoms with Gasteiger partial charge in [0.1, 0.15) is 5.75 Å². The van der Waals surface area contributed by atoms with Gasteiger partial charge in [0.25, 0.3) is 5.91 Å². The number of nitrogens with zero attached hydrogens (tertiary/aromatic N) is 1. The second-order valence-electron chi connectivity index (χ2n) is 5.58. The van der Waals surface area contributed by atoms with Crippen molar-refractivity contribution in [2.75, 3.05) is 25.5 Å². The third-order valence-electron chi connectivity index (χ3n) is 3.97. The molecule has 0 saturated heterocycles. The first-order valence-electron chi connectivity index (χ1n) is 8.14. The number of methoxy groups -OCH3 is 1. The van der Waals surface area contributed by atoms with E-state index in [1.807, 2.05) is 30.3 Å². The Balaban J connectivity index is 2.13. The molecule has 2 aromatic rings. The molecule has 0 radical (unpaired) electrons. The van der Waals surface area contributed by atoms with Gasteiger partial charge in [-0.3, -0.25) is 9.69 Å². The summed E-state index contributed by atoms with van der Waals surface area (Å²) in [4.78, 5) is 15.0. The minimum absolute atomic E-state index is 0.213. The van der Waals surface area contributed by atoms with Crippen LogP contribution in [0.25, 0.3) is 0 Å². The molecule has 0 spiro atoms. The molecule has 0 saturated carbocycles. The summed E-state index contributed by atoms with van der Waals surface area (Å²) < 4.78 is 6.87. The van der Waals surface area contributed by atoms with Gasteiger partial charge in [-0.15, -0.1) is 0 Å². The fraction of sp³-hybridized carbons (Fsp3) is 0.316. The minimum Gasteiger partial charge on any atom is -0.495 e. The second kappa shape index (κ2) is 9.36. The van der Waals surface area contributed by atoms with Gasteiger partial charge in [0.05, 0.1) is 17.1 Å². The van der Waals surface area contributed by atoms with Crippen LogP contribution in [0.1, 0.15) is 29.8 Å². The smallest absolute Gasteiger partial charge is 0.259 e. The molecule has 1 amide bonds. The molecular weight excluding hydrogens is 448 g/mol. The molecule has 0 atom stereocenters. The van der Waals surface area contributed by atoms with E-state index in [-0.39, 0.29) is 5.91 Å². The first kappa shape index (κ1) is 19.9. The van der Waals surface area contributed by atoms with Crippen molar-refractivity contribution in [3.8, 4) is 5.75 Å². The number of carbonyl (C=O) groups is 1. The Morgan fingerprint density at radius 1 is 1.12 bits per heavy atom. The van der Waals surface area contributed by atoms with Crippen molar-refractivity contribution in [1.82, 2.24) is 4.90 Å². The Morgan fingerprint density at radius 2 is 1.76 bits per heavy atom. The van der Waals surface area contributed by atoms with Crippen molar-refractivity contribution in [1.29, 1.82) is 0 Å². The van der Waals surface area contributed by atoms with Crippen molar-refractivity contribution in [3.05, 3.63) is 56.5 Å². The van der Waals surface area contributed by atoms with Gasteiger partial charge in [-0.05, 0) is 58.8 Å². The van der Waals surface area contributed by atoms with E-state index in [2.05, 4.69) is 55.9 Å². The van der Waals surface area contributed by atoms with Crippen LogP contribution in [-0.4, -0.2) is 31.0 Å². The zero-order valence-corrected chi connectivity index (χ0v) is 17.8. The summed E-state index contributed by atoms with van der Waals surface area (Å²) >= 11 is 6.82. The Labute approximate surface area is 165 Å². The number of nitrogens with one attached hydrogen (secondary N) is 1. The quantitative estimate of drug-likeness (QED) is 0.597. The van der Waals surface area contributed by atoms with Crippen LogP contribution in [0.5, 0.6) is 5.75 Å². The van der Waals surface area contributed by atoms with Gasteiger partial charge in [-0.25, -0.2) is 0 Å². The normalized spacial score (nSPS) is 10.8. The van der Waals surface area contributed by atoms with Crippen molar-refractivity contribution in [3.63, 3.8) is 0 Å². The van der Waals surface area contributed by atoms with Gasteiger partial charge in [-0.1, -0.05) is 41.9 Å². The van der Waals surface area contributed by atoms with Crippen LogP contribution in [0.4, 0.5) is 5.69 Å². The molecule has 1 N–H and O–H groups in total. The van der Waals surface area contributed by atoms with Crippen molar-refractivity contribution in [2.45, 2.75) is 20.4 Å². The maximum absolute atomic E-state index is 12.6. The molecule has 0 aliphatic heterocycles. The molecule has 0 bridgehead atoms. The van der Waals surface area contributed by atoms with Crippen LogP contribution in [-0.2, 0) is 6.54 Å². The standard InChI is InChI=1S/C19H22Br2N2O2/c1-4-23(5-2)12-13-6-8-15(9-7-13)22-19(24)16-10-14(20)11-17(21)18(16)25-3/h6-11H,4-5,12H2,1-3H3,(H,22,24). The molecule has 6 heteroatoms. The maximum Gasteiger partial charge on any atom is 0.259 e. The Morgan fingerprint density at radius 3 is 2.32 bits per heavy atom. The molecule has 0 heterocycles. The molecule has 4 nitrogen and oxygen atoms in total. The number of hydrogen-bond acceptors (Lipinski definition) is 3. The van der Waals surface area contributed by atoms with Gasteiger partial charge < -0.3 is 10.1 Å². The summed E-state index contributed by atoms with van der Waals surface area (Å²) in [6, 6.07) is 11.5. The third kappa shape index (κ3) is 5.30. The van der Waals surface area contributed by atoms with Crippen LogP contribution in [0.15, 0.2) is 45.3 Å². The third-order valence-corrected chi connectivity index (χ3v) is 5.02. The Bertz CT molecular complexity index is 729. The average molecular weight is 470 g/mol. The zero-order chi connectivity index (χ0) is 18.4. The van der Waals surface area contributed by atoms with Gasteiger partial charge in [0, 0.05) is 16.7 Å². The molecular formula is C19H22Br2N2O2. The first-order chi connectivity index (χ1) is 12.0. The van der Waals surface area contributed by atoms with E-state index in [0.29, 0.717) is 11.3 Å². The van der Waals surface area contributed by atoms with Crippen molar-refractivity contribution < 1.29 is 9.53 Å². The van der Waals surface area contributed by atoms with Crippen LogP contribution in [0.3, 0.4) is 0 Å². The fourth-order valence-electron chi connectivity index (χ4n) is 2.53. The van der Waals surface area contributed by atoms with E-state index in [9.17, 15) is 4.79 Å². The Kier molecular flexibility index (Phi) is 7.47. The molecule has 0 unspecified atom stereocenters. The Hall–Kier alpha value is -1.37. The SMILES string of the molecule is CCN(CC)Cc1ccc(NC(=O)c2cc(Br)cc(Br)c2OC)cc1. The molecule has 2 aromatic carbocycles. The number of rotatable bonds is 7. The second-order valence-corrected chi connectivity index (χ2v) is 7.35. The fourth-order valence-corrected chi connectivity index (χ4v) is 3.92. The van der Waals surface area contributed by atoms with Crippen LogP contribution < -0.4 is 10.1 Å². The summed E-state index contributed by atoms with van der Waals surface area (Å²) in [7, 11) is 1.55. The molecule has 0 fully saturated rings. The van der Waals surface area contributed by atoms with E-state index in [0.717, 1.165) is 34.3 Å². The average Bonchev–Trinajstić information content (AvgIpc) is 2.60. The topological polar surface area (TPSA) is 41.6 Å². The zero-order valence-electron chi connectivity index (χ0n) is 14.6. The highest BCUT2D eigenvalue weighted by Gasteiger charge is 2.16. The number of hydrogen-bond donors (Lipinski definition) is 1.